The van der Waals surface area contributed by atoms with Crippen LogP contribution in [-0.2, 0) is 11.2 Å². The van der Waals surface area contributed by atoms with E-state index in [1.807, 2.05) is 38.1 Å². The van der Waals surface area contributed by atoms with Crippen molar-refractivity contribution in [2.45, 2.75) is 32.2 Å². The van der Waals surface area contributed by atoms with Gasteiger partial charge in [-0.15, -0.1) is 0 Å². The second-order valence-corrected chi connectivity index (χ2v) is 5.78. The van der Waals surface area contributed by atoms with Crippen molar-refractivity contribution in [1.29, 1.82) is 0 Å². The van der Waals surface area contributed by atoms with E-state index in [0.717, 1.165) is 10.0 Å². The van der Waals surface area contributed by atoms with Crippen LogP contribution in [0.3, 0.4) is 0 Å². The maximum Gasteiger partial charge on any atom is 0.311 e. The van der Waals surface area contributed by atoms with Crippen LogP contribution in [0.1, 0.15) is 37.2 Å². The number of halogens is 1. The zero-order valence-corrected chi connectivity index (χ0v) is 12.9. The van der Waals surface area contributed by atoms with E-state index >= 15 is 0 Å². The molecule has 20 heavy (non-hydrogen) atoms. The van der Waals surface area contributed by atoms with Crippen LogP contribution in [-0.4, -0.2) is 25.8 Å². The summed E-state index contributed by atoms with van der Waals surface area (Å²) in [7, 11) is 0. The summed E-state index contributed by atoms with van der Waals surface area (Å²) in [5, 5.41) is 13.6. The summed E-state index contributed by atoms with van der Waals surface area (Å²) in [4.78, 5) is 15.7. The van der Waals surface area contributed by atoms with Crippen LogP contribution in [0.4, 0.5) is 0 Å². The highest BCUT2D eigenvalue weighted by molar-refractivity contribution is 9.10. The lowest BCUT2D eigenvalue weighted by Gasteiger charge is -2.15. The molecule has 0 aliphatic rings. The minimum atomic E-state index is -0.860. The SMILES string of the molecule is CC(C)n1ncnc1CC(C(=O)O)c1cccc(Br)c1. The molecule has 0 radical (unpaired) electrons. The van der Waals surface area contributed by atoms with Gasteiger partial charge in [-0.05, 0) is 31.5 Å². The maximum atomic E-state index is 11.5. The Morgan fingerprint density at radius 1 is 1.45 bits per heavy atom. The van der Waals surface area contributed by atoms with Crippen molar-refractivity contribution in [3.8, 4) is 0 Å². The van der Waals surface area contributed by atoms with E-state index in [9.17, 15) is 9.90 Å². The summed E-state index contributed by atoms with van der Waals surface area (Å²) in [6.07, 6.45) is 1.79. The highest BCUT2D eigenvalue weighted by Gasteiger charge is 2.23. The first-order valence-corrected chi connectivity index (χ1v) is 7.15. The van der Waals surface area contributed by atoms with Crippen LogP contribution in [0, 0.1) is 0 Å². The molecule has 0 saturated carbocycles. The lowest BCUT2D eigenvalue weighted by Crippen LogP contribution is -2.18. The molecule has 1 N–H and O–H groups in total. The summed E-state index contributed by atoms with van der Waals surface area (Å²) in [5.74, 6) is -0.803. The Kier molecular flexibility index (Phi) is 4.54. The Labute approximate surface area is 125 Å². The van der Waals surface area contributed by atoms with E-state index in [1.54, 1.807) is 4.68 Å². The molecule has 1 aromatic heterocycles. The second-order valence-electron chi connectivity index (χ2n) is 4.86. The molecule has 2 aromatic rings. The van der Waals surface area contributed by atoms with Crippen LogP contribution in [0.2, 0.25) is 0 Å². The molecular formula is C14H16BrN3O2. The van der Waals surface area contributed by atoms with Gasteiger partial charge >= 0.3 is 5.97 Å². The molecule has 0 fully saturated rings. The molecule has 1 aromatic carbocycles. The highest BCUT2D eigenvalue weighted by Crippen LogP contribution is 2.24. The summed E-state index contributed by atoms with van der Waals surface area (Å²) in [5.41, 5.74) is 0.755. The number of aliphatic carboxylic acids is 1. The Morgan fingerprint density at radius 3 is 2.80 bits per heavy atom. The van der Waals surface area contributed by atoms with Gasteiger partial charge in [-0.3, -0.25) is 4.79 Å². The third-order valence-electron chi connectivity index (χ3n) is 3.07. The molecule has 6 heteroatoms. The predicted octanol–water partition coefficient (Wildman–Crippen LogP) is 3.03. The van der Waals surface area contributed by atoms with E-state index in [-0.39, 0.29) is 6.04 Å². The molecule has 1 heterocycles. The lowest BCUT2D eigenvalue weighted by molar-refractivity contribution is -0.138. The van der Waals surface area contributed by atoms with Gasteiger partial charge in [0.15, 0.2) is 0 Å². The van der Waals surface area contributed by atoms with Gasteiger partial charge in [0.1, 0.15) is 12.2 Å². The summed E-state index contributed by atoms with van der Waals surface area (Å²) < 4.78 is 2.63. The van der Waals surface area contributed by atoms with Gasteiger partial charge in [-0.25, -0.2) is 9.67 Å². The minimum Gasteiger partial charge on any atom is -0.481 e. The van der Waals surface area contributed by atoms with Crippen LogP contribution in [0.5, 0.6) is 0 Å². The zero-order valence-electron chi connectivity index (χ0n) is 11.3. The van der Waals surface area contributed by atoms with Crippen molar-refractivity contribution in [3.63, 3.8) is 0 Å². The van der Waals surface area contributed by atoms with Crippen LogP contribution < -0.4 is 0 Å². The summed E-state index contributed by atoms with van der Waals surface area (Å²) in [6, 6.07) is 7.51. The molecule has 0 aliphatic carbocycles. The van der Waals surface area contributed by atoms with Crippen molar-refractivity contribution in [3.05, 3.63) is 46.5 Å². The fourth-order valence-corrected chi connectivity index (χ4v) is 2.52. The number of nitrogens with zero attached hydrogens (tertiary/aromatic N) is 3. The molecule has 2 rings (SSSR count). The molecule has 0 saturated heterocycles. The van der Waals surface area contributed by atoms with Crippen molar-refractivity contribution in [2.75, 3.05) is 0 Å². The molecule has 106 valence electrons. The Morgan fingerprint density at radius 2 is 2.20 bits per heavy atom. The number of carbonyl (C=O) groups is 1. The van der Waals surface area contributed by atoms with Gasteiger partial charge in [-0.1, -0.05) is 28.1 Å². The summed E-state index contributed by atoms with van der Waals surface area (Å²) in [6.45, 7) is 3.99. The third kappa shape index (κ3) is 3.25. The smallest absolute Gasteiger partial charge is 0.311 e. The first-order valence-electron chi connectivity index (χ1n) is 6.35. The first kappa shape index (κ1) is 14.7. The van der Waals surface area contributed by atoms with E-state index in [4.69, 9.17) is 0 Å². The normalized spacial score (nSPS) is 12.6. The van der Waals surface area contributed by atoms with Gasteiger partial charge < -0.3 is 5.11 Å². The number of aromatic nitrogens is 3. The Balaban J connectivity index is 2.31. The number of hydrogen-bond donors (Lipinski definition) is 1. The largest absolute Gasteiger partial charge is 0.481 e. The monoisotopic (exact) mass is 337 g/mol. The molecule has 1 atom stereocenters. The van der Waals surface area contributed by atoms with Gasteiger partial charge in [0.05, 0.1) is 5.92 Å². The molecule has 0 bridgehead atoms. The summed E-state index contributed by atoms with van der Waals surface area (Å²) >= 11 is 3.37. The molecule has 0 amide bonds. The van der Waals surface area contributed by atoms with Crippen LogP contribution in [0.25, 0.3) is 0 Å². The minimum absolute atomic E-state index is 0.157. The quantitative estimate of drug-likeness (QED) is 0.910. The van der Waals surface area contributed by atoms with Crippen molar-refractivity contribution < 1.29 is 9.90 Å². The molecule has 0 aliphatic heterocycles. The third-order valence-corrected chi connectivity index (χ3v) is 3.57. The highest BCUT2D eigenvalue weighted by atomic mass is 79.9. The molecule has 0 spiro atoms. The number of benzene rings is 1. The van der Waals surface area contributed by atoms with E-state index in [2.05, 4.69) is 26.0 Å². The van der Waals surface area contributed by atoms with Gasteiger partial charge in [0, 0.05) is 16.9 Å². The predicted molar refractivity (Wildman–Crippen MR) is 78.6 cm³/mol. The number of rotatable bonds is 5. The van der Waals surface area contributed by atoms with Crippen LogP contribution >= 0.6 is 15.9 Å². The van der Waals surface area contributed by atoms with Crippen molar-refractivity contribution >= 4 is 21.9 Å². The second kappa shape index (κ2) is 6.17. The van der Waals surface area contributed by atoms with E-state index in [1.165, 1.54) is 6.33 Å². The van der Waals surface area contributed by atoms with E-state index < -0.39 is 11.9 Å². The number of carboxylic acids is 1. The average Bonchev–Trinajstić information content (AvgIpc) is 2.83. The topological polar surface area (TPSA) is 68.0 Å². The molecule has 1 unspecified atom stereocenters. The lowest BCUT2D eigenvalue weighted by atomic mass is 9.95. The Bertz CT molecular complexity index is 610. The maximum absolute atomic E-state index is 11.5. The van der Waals surface area contributed by atoms with Gasteiger partial charge in [0.25, 0.3) is 0 Å². The average molecular weight is 338 g/mol. The van der Waals surface area contributed by atoms with Crippen molar-refractivity contribution in [2.24, 2.45) is 0 Å². The molecular weight excluding hydrogens is 322 g/mol. The Hall–Kier alpha value is -1.69. The van der Waals surface area contributed by atoms with Crippen LogP contribution in [0.15, 0.2) is 35.1 Å². The first-order chi connectivity index (χ1) is 9.49. The molecule has 5 nitrogen and oxygen atoms in total. The van der Waals surface area contributed by atoms with Gasteiger partial charge in [-0.2, -0.15) is 5.10 Å². The fraction of sp³-hybridized carbons (Fsp3) is 0.357. The standard InChI is InChI=1S/C14H16BrN3O2/c1-9(2)18-13(16-8-17-18)7-12(14(19)20)10-4-3-5-11(15)6-10/h3-6,8-9,12H,7H2,1-2H3,(H,19,20). The van der Waals surface area contributed by atoms with Crippen molar-refractivity contribution in [1.82, 2.24) is 14.8 Å². The number of hydrogen-bond acceptors (Lipinski definition) is 3. The number of carboxylic acid groups (broad SMARTS) is 1. The zero-order chi connectivity index (χ0) is 14.7. The fourth-order valence-electron chi connectivity index (χ4n) is 2.11. The van der Waals surface area contributed by atoms with E-state index in [0.29, 0.717) is 12.2 Å². The van der Waals surface area contributed by atoms with Gasteiger partial charge in [0.2, 0.25) is 0 Å².